The van der Waals surface area contributed by atoms with Gasteiger partial charge in [-0.2, -0.15) is 0 Å². The van der Waals surface area contributed by atoms with Gasteiger partial charge in [-0.25, -0.2) is 0 Å². The third kappa shape index (κ3) is 9.64. The van der Waals surface area contributed by atoms with Crippen LogP contribution in [0, 0.1) is 0 Å². The second kappa shape index (κ2) is 17.2. The average Bonchev–Trinajstić information content (AvgIpc) is 3.01. The van der Waals surface area contributed by atoms with Crippen LogP contribution in [0.2, 0.25) is 0 Å². The van der Waals surface area contributed by atoms with Crippen LogP contribution < -0.4 is 0 Å². The Bertz CT molecular complexity index is 1110. The van der Waals surface area contributed by atoms with E-state index in [1.807, 2.05) is 109 Å². The topological polar surface area (TPSA) is 77.3 Å². The van der Waals surface area contributed by atoms with E-state index in [4.69, 9.17) is 0 Å². The van der Waals surface area contributed by atoms with Gasteiger partial charge in [0.2, 0.25) is 0 Å². The maximum Gasteiger partial charge on any atom is 2.00 e. The van der Waals surface area contributed by atoms with Gasteiger partial charge in [0.05, 0.1) is 34.2 Å². The molecule has 0 aromatic carbocycles. The summed E-state index contributed by atoms with van der Waals surface area (Å²) in [7, 11) is 0. The molecule has 0 amide bonds. The van der Waals surface area contributed by atoms with Crippen LogP contribution in [0.1, 0.15) is 0 Å². The van der Waals surface area contributed by atoms with Crippen molar-refractivity contribution in [1.82, 2.24) is 29.9 Å². The van der Waals surface area contributed by atoms with Gasteiger partial charge < -0.3 is 0 Å². The molecule has 6 aromatic rings. The van der Waals surface area contributed by atoms with Crippen LogP contribution in [0.4, 0.5) is 0 Å². The fourth-order valence-corrected chi connectivity index (χ4v) is 3.09. The number of halogens is 1. The molecular formula is C30H25ClFeN6+2. The first-order valence-electron chi connectivity index (χ1n) is 11.4. The van der Waals surface area contributed by atoms with Crippen LogP contribution in [0.5, 0.6) is 0 Å². The molecule has 38 heavy (non-hydrogen) atoms. The van der Waals surface area contributed by atoms with Gasteiger partial charge in [0.25, 0.3) is 0 Å². The van der Waals surface area contributed by atoms with Gasteiger partial charge in [0.1, 0.15) is 0 Å². The molecule has 0 saturated carbocycles. The third-order valence-corrected chi connectivity index (χ3v) is 4.78. The van der Waals surface area contributed by atoms with E-state index in [0.29, 0.717) is 0 Å². The molecule has 6 nitrogen and oxygen atoms in total. The molecule has 0 aliphatic carbocycles. The molecule has 0 saturated heterocycles. The summed E-state index contributed by atoms with van der Waals surface area (Å²) in [5.41, 5.74) is 5.49. The first-order valence-corrected chi connectivity index (χ1v) is 11.4. The Kier molecular flexibility index (Phi) is 13.6. The van der Waals surface area contributed by atoms with E-state index in [2.05, 4.69) is 29.9 Å². The molecule has 0 atom stereocenters. The first kappa shape index (κ1) is 29.9. The van der Waals surface area contributed by atoms with E-state index < -0.39 is 0 Å². The monoisotopic (exact) mass is 560 g/mol. The summed E-state index contributed by atoms with van der Waals surface area (Å²) in [6.45, 7) is 0. The van der Waals surface area contributed by atoms with Crippen LogP contribution in [-0.2, 0) is 17.1 Å². The van der Waals surface area contributed by atoms with Gasteiger partial charge in [-0.3, -0.25) is 29.9 Å². The fraction of sp³-hybridized carbons (Fsp3) is 0. The standard InChI is InChI=1S/3C10H8N2.ClH.Fe/c3*1-3-7-11-9(5-1)10-6-2-4-8-12-10;;/h3*1-8H;1H;/q;;;;+2. The van der Waals surface area contributed by atoms with Gasteiger partial charge in [0, 0.05) is 37.2 Å². The van der Waals surface area contributed by atoms with Crippen LogP contribution in [-0.4, -0.2) is 29.9 Å². The molecule has 0 unspecified atom stereocenters. The van der Waals surface area contributed by atoms with Crippen LogP contribution >= 0.6 is 12.4 Å². The predicted molar refractivity (Wildman–Crippen MR) is 150 cm³/mol. The zero-order chi connectivity index (χ0) is 24.7. The summed E-state index contributed by atoms with van der Waals surface area (Å²) in [5, 5.41) is 0. The number of hydrogen-bond acceptors (Lipinski definition) is 6. The second-order valence-electron chi connectivity index (χ2n) is 7.29. The normalized spacial score (nSPS) is 9.16. The largest absolute Gasteiger partial charge is 2.00 e. The van der Waals surface area contributed by atoms with E-state index in [-0.39, 0.29) is 29.5 Å². The number of nitrogens with zero attached hydrogens (tertiary/aromatic N) is 6. The number of aromatic nitrogens is 6. The van der Waals surface area contributed by atoms with E-state index >= 15 is 0 Å². The van der Waals surface area contributed by atoms with E-state index in [1.165, 1.54) is 0 Å². The van der Waals surface area contributed by atoms with Crippen molar-refractivity contribution >= 4 is 12.4 Å². The minimum Gasteiger partial charge on any atom is -0.255 e. The number of rotatable bonds is 3. The molecule has 0 N–H and O–H groups in total. The molecule has 6 rings (SSSR count). The van der Waals surface area contributed by atoms with Crippen LogP contribution in [0.15, 0.2) is 146 Å². The van der Waals surface area contributed by atoms with Crippen molar-refractivity contribution in [2.75, 3.05) is 0 Å². The number of hydrogen-bond donors (Lipinski definition) is 0. The molecule has 0 aliphatic heterocycles. The summed E-state index contributed by atoms with van der Waals surface area (Å²) in [4.78, 5) is 25.1. The van der Waals surface area contributed by atoms with E-state index in [9.17, 15) is 0 Å². The zero-order valence-electron chi connectivity index (χ0n) is 20.3. The molecular weight excluding hydrogens is 536 g/mol. The van der Waals surface area contributed by atoms with Crippen LogP contribution in [0.3, 0.4) is 0 Å². The SMILES string of the molecule is Cl.[Fe+2].c1ccc(-c2ccccn2)nc1.c1ccc(-c2ccccn2)nc1.c1ccc(-c2ccccn2)nc1. The quantitative estimate of drug-likeness (QED) is 0.220. The van der Waals surface area contributed by atoms with Crippen molar-refractivity contribution in [1.29, 1.82) is 0 Å². The second-order valence-corrected chi connectivity index (χ2v) is 7.29. The predicted octanol–water partition coefficient (Wildman–Crippen LogP) is 6.85. The van der Waals surface area contributed by atoms with Crippen molar-refractivity contribution < 1.29 is 17.1 Å². The van der Waals surface area contributed by atoms with Gasteiger partial charge >= 0.3 is 17.1 Å². The van der Waals surface area contributed by atoms with E-state index in [0.717, 1.165) is 34.2 Å². The molecule has 6 heterocycles. The molecule has 8 heteroatoms. The van der Waals surface area contributed by atoms with Gasteiger partial charge in [-0.1, -0.05) is 36.4 Å². The zero-order valence-corrected chi connectivity index (χ0v) is 22.2. The smallest absolute Gasteiger partial charge is 0.255 e. The Hall–Kier alpha value is -4.29. The van der Waals surface area contributed by atoms with Crippen molar-refractivity contribution in [3.63, 3.8) is 0 Å². The third-order valence-electron chi connectivity index (χ3n) is 4.78. The van der Waals surface area contributed by atoms with Crippen molar-refractivity contribution in [2.45, 2.75) is 0 Å². The molecule has 0 fully saturated rings. The molecule has 0 bridgehead atoms. The maximum atomic E-state index is 4.19. The maximum absolute atomic E-state index is 4.19. The van der Waals surface area contributed by atoms with Crippen molar-refractivity contribution in [3.8, 4) is 34.2 Å². The molecule has 188 valence electrons. The van der Waals surface area contributed by atoms with Crippen molar-refractivity contribution in [3.05, 3.63) is 146 Å². The summed E-state index contributed by atoms with van der Waals surface area (Å²) in [5.74, 6) is 0. The van der Waals surface area contributed by atoms with Crippen molar-refractivity contribution in [2.24, 2.45) is 0 Å². The van der Waals surface area contributed by atoms with Gasteiger partial charge in [0.15, 0.2) is 0 Å². The molecule has 0 spiro atoms. The minimum absolute atomic E-state index is 0. The van der Waals surface area contributed by atoms with Crippen LogP contribution in [0.25, 0.3) is 34.2 Å². The Morgan fingerprint density at radius 3 is 0.526 bits per heavy atom. The first-order chi connectivity index (χ1) is 17.9. The molecule has 6 aromatic heterocycles. The summed E-state index contributed by atoms with van der Waals surface area (Å²) >= 11 is 0. The summed E-state index contributed by atoms with van der Waals surface area (Å²) in [6, 6.07) is 34.8. The average molecular weight is 561 g/mol. The number of pyridine rings is 6. The van der Waals surface area contributed by atoms with Gasteiger partial charge in [-0.05, 0) is 72.8 Å². The summed E-state index contributed by atoms with van der Waals surface area (Å²) < 4.78 is 0. The minimum atomic E-state index is 0. The molecule has 0 radical (unpaired) electrons. The Balaban J connectivity index is 0.000000195. The molecule has 0 aliphatic rings. The Labute approximate surface area is 239 Å². The fourth-order valence-electron chi connectivity index (χ4n) is 3.09. The summed E-state index contributed by atoms with van der Waals surface area (Å²) in [6.07, 6.45) is 10.6. The van der Waals surface area contributed by atoms with E-state index in [1.54, 1.807) is 37.2 Å². The Morgan fingerprint density at radius 2 is 0.421 bits per heavy atom. The Morgan fingerprint density at radius 1 is 0.263 bits per heavy atom. The van der Waals surface area contributed by atoms with Gasteiger partial charge in [-0.15, -0.1) is 12.4 Å².